The lowest BCUT2D eigenvalue weighted by Gasteiger charge is -2.11. The predicted octanol–water partition coefficient (Wildman–Crippen LogP) is 3.35. The van der Waals surface area contributed by atoms with Gasteiger partial charge in [-0.3, -0.25) is 4.79 Å². The van der Waals surface area contributed by atoms with Gasteiger partial charge in [-0.2, -0.15) is 0 Å². The Morgan fingerprint density at radius 3 is 2.50 bits per heavy atom. The van der Waals surface area contributed by atoms with Crippen LogP contribution in [0.15, 0.2) is 36.1 Å². The van der Waals surface area contributed by atoms with Gasteiger partial charge in [0.15, 0.2) is 5.78 Å². The smallest absolute Gasteiger partial charge is 0.183 e. The molecule has 0 amide bonds. The normalized spacial score (nSPS) is 12.3. The highest BCUT2D eigenvalue weighted by Crippen LogP contribution is 2.07. The second-order valence-electron chi connectivity index (χ2n) is 4.96. The van der Waals surface area contributed by atoms with Gasteiger partial charge in [-0.25, -0.2) is 0 Å². The molecule has 0 aliphatic heterocycles. The lowest BCUT2D eigenvalue weighted by atomic mass is 10.1. The summed E-state index contributed by atoms with van der Waals surface area (Å²) in [6.07, 6.45) is 10.6. The average molecular weight is 278 g/mol. The zero-order valence-corrected chi connectivity index (χ0v) is 13.3. The van der Waals surface area contributed by atoms with E-state index in [9.17, 15) is 4.79 Å². The third kappa shape index (κ3) is 9.56. The van der Waals surface area contributed by atoms with E-state index in [-0.39, 0.29) is 5.78 Å². The summed E-state index contributed by atoms with van der Waals surface area (Å²) in [6.45, 7) is 9.57. The molecule has 0 aromatic heterocycles. The van der Waals surface area contributed by atoms with Crippen molar-refractivity contribution in [1.29, 1.82) is 0 Å². The topological polar surface area (TPSA) is 41.1 Å². The van der Waals surface area contributed by atoms with E-state index in [0.29, 0.717) is 0 Å². The number of carbonyl (C=O) groups excluding carboxylic acids is 1. The van der Waals surface area contributed by atoms with Crippen LogP contribution in [-0.2, 0) is 4.79 Å². The van der Waals surface area contributed by atoms with E-state index in [1.54, 1.807) is 18.2 Å². The largest absolute Gasteiger partial charge is 0.388 e. The molecule has 0 saturated heterocycles. The molecule has 3 nitrogen and oxygen atoms in total. The van der Waals surface area contributed by atoms with Crippen molar-refractivity contribution in [3.05, 3.63) is 36.1 Å². The predicted molar refractivity (Wildman–Crippen MR) is 87.7 cm³/mol. The number of hydrogen-bond acceptors (Lipinski definition) is 3. The van der Waals surface area contributed by atoms with E-state index in [1.807, 2.05) is 14.0 Å². The third-order valence-electron chi connectivity index (χ3n) is 3.07. The second-order valence-corrected chi connectivity index (χ2v) is 4.96. The number of unbranched alkanes of at least 4 members (excludes halogenated alkanes) is 2. The Morgan fingerprint density at radius 1 is 1.20 bits per heavy atom. The minimum Gasteiger partial charge on any atom is -0.388 e. The molecule has 0 unspecified atom stereocenters. The monoisotopic (exact) mass is 278 g/mol. The molecule has 0 spiro atoms. The molecule has 20 heavy (non-hydrogen) atoms. The van der Waals surface area contributed by atoms with Crippen LogP contribution in [0, 0.1) is 0 Å². The Kier molecular flexibility index (Phi) is 11.8. The summed E-state index contributed by atoms with van der Waals surface area (Å²) in [5, 5.41) is 6.54. The summed E-state index contributed by atoms with van der Waals surface area (Å²) in [5.41, 5.74) is 1.78. The van der Waals surface area contributed by atoms with Crippen LogP contribution in [0.25, 0.3) is 0 Å². The molecule has 0 aliphatic carbocycles. The molecule has 0 aromatic carbocycles. The standard InChI is InChI=1S/C17H30N2O/c1-5-7-11-16(19-13-9-8-12-18-4)14-17(20)15(3)10-6-2/h6,10,14,18-19H,2,5,7-9,11-13H2,1,3-4H3/b15-10+,16-14+. The molecule has 2 N–H and O–H groups in total. The summed E-state index contributed by atoms with van der Waals surface area (Å²) in [4.78, 5) is 12.0. The Labute approximate surface area is 124 Å². The van der Waals surface area contributed by atoms with E-state index in [0.717, 1.165) is 56.5 Å². The van der Waals surface area contributed by atoms with Crippen molar-refractivity contribution < 1.29 is 4.79 Å². The van der Waals surface area contributed by atoms with Gasteiger partial charge in [-0.15, -0.1) is 0 Å². The zero-order chi connectivity index (χ0) is 15.2. The minimum absolute atomic E-state index is 0.0683. The van der Waals surface area contributed by atoms with Gasteiger partial charge >= 0.3 is 0 Å². The molecule has 3 heteroatoms. The summed E-state index contributed by atoms with van der Waals surface area (Å²) in [6, 6.07) is 0. The quantitative estimate of drug-likeness (QED) is 0.327. The van der Waals surface area contributed by atoms with Gasteiger partial charge < -0.3 is 10.6 Å². The van der Waals surface area contributed by atoms with Gasteiger partial charge in [0.05, 0.1) is 0 Å². The van der Waals surface area contributed by atoms with Crippen LogP contribution in [0.4, 0.5) is 0 Å². The maximum Gasteiger partial charge on any atom is 0.183 e. The molecule has 114 valence electrons. The van der Waals surface area contributed by atoms with E-state index in [1.165, 1.54) is 0 Å². The first-order valence-electron chi connectivity index (χ1n) is 7.58. The molecule has 0 saturated carbocycles. The van der Waals surface area contributed by atoms with Crippen molar-refractivity contribution in [2.45, 2.75) is 46.0 Å². The number of hydrogen-bond donors (Lipinski definition) is 2. The highest BCUT2D eigenvalue weighted by molar-refractivity contribution is 6.04. The van der Waals surface area contributed by atoms with Crippen LogP contribution < -0.4 is 10.6 Å². The van der Waals surface area contributed by atoms with Crippen molar-refractivity contribution in [2.75, 3.05) is 20.1 Å². The van der Waals surface area contributed by atoms with E-state index < -0.39 is 0 Å². The summed E-state index contributed by atoms with van der Waals surface area (Å²) in [5.74, 6) is 0.0683. The van der Waals surface area contributed by atoms with Gasteiger partial charge in [-0.05, 0) is 51.8 Å². The fourth-order valence-electron chi connectivity index (χ4n) is 1.79. The number of carbonyl (C=O) groups is 1. The van der Waals surface area contributed by atoms with Crippen LogP contribution in [0.2, 0.25) is 0 Å². The number of ketones is 1. The van der Waals surface area contributed by atoms with Crippen molar-refractivity contribution in [3.63, 3.8) is 0 Å². The van der Waals surface area contributed by atoms with Gasteiger partial charge in [0.1, 0.15) is 0 Å². The summed E-state index contributed by atoms with van der Waals surface area (Å²) < 4.78 is 0. The minimum atomic E-state index is 0.0683. The first kappa shape index (κ1) is 18.7. The van der Waals surface area contributed by atoms with Crippen molar-refractivity contribution in [2.24, 2.45) is 0 Å². The van der Waals surface area contributed by atoms with Crippen molar-refractivity contribution in [3.8, 4) is 0 Å². The molecule has 0 aliphatic rings. The number of allylic oxidation sites excluding steroid dienone is 5. The van der Waals surface area contributed by atoms with E-state index in [4.69, 9.17) is 0 Å². The van der Waals surface area contributed by atoms with E-state index >= 15 is 0 Å². The molecule has 0 rings (SSSR count). The number of nitrogens with one attached hydrogen (secondary N) is 2. The van der Waals surface area contributed by atoms with Gasteiger partial charge in [0.25, 0.3) is 0 Å². The highest BCUT2D eigenvalue weighted by Gasteiger charge is 2.03. The van der Waals surface area contributed by atoms with E-state index in [2.05, 4.69) is 24.1 Å². The van der Waals surface area contributed by atoms with Gasteiger partial charge in [-0.1, -0.05) is 32.1 Å². The molecule has 0 aromatic rings. The number of rotatable bonds is 12. The van der Waals surface area contributed by atoms with Gasteiger partial charge in [0.2, 0.25) is 0 Å². The lowest BCUT2D eigenvalue weighted by molar-refractivity contribution is -0.111. The van der Waals surface area contributed by atoms with Crippen molar-refractivity contribution in [1.82, 2.24) is 10.6 Å². The molecule has 0 fully saturated rings. The van der Waals surface area contributed by atoms with Crippen LogP contribution in [0.5, 0.6) is 0 Å². The molecule has 0 atom stereocenters. The Hall–Kier alpha value is -1.35. The summed E-state index contributed by atoms with van der Waals surface area (Å²) in [7, 11) is 1.97. The fourth-order valence-corrected chi connectivity index (χ4v) is 1.79. The lowest BCUT2D eigenvalue weighted by Crippen LogP contribution is -2.18. The van der Waals surface area contributed by atoms with Crippen LogP contribution in [-0.4, -0.2) is 25.9 Å². The van der Waals surface area contributed by atoms with Crippen LogP contribution in [0.3, 0.4) is 0 Å². The fraction of sp³-hybridized carbons (Fsp3) is 0.588. The molecular formula is C17H30N2O. The molecule has 0 heterocycles. The first-order valence-corrected chi connectivity index (χ1v) is 7.58. The van der Waals surface area contributed by atoms with Crippen LogP contribution >= 0.6 is 0 Å². The SMILES string of the molecule is C=C/C=C(\C)C(=O)/C=C(\CCCC)NCCCCNC. The molecule has 0 radical (unpaired) electrons. The highest BCUT2D eigenvalue weighted by atomic mass is 16.1. The first-order chi connectivity index (χ1) is 9.65. The van der Waals surface area contributed by atoms with Crippen LogP contribution in [0.1, 0.15) is 46.0 Å². The molecular weight excluding hydrogens is 248 g/mol. The zero-order valence-electron chi connectivity index (χ0n) is 13.3. The maximum atomic E-state index is 12.0. The second kappa shape index (κ2) is 12.7. The summed E-state index contributed by atoms with van der Waals surface area (Å²) >= 11 is 0. The average Bonchev–Trinajstić information content (AvgIpc) is 2.44. The third-order valence-corrected chi connectivity index (χ3v) is 3.07. The van der Waals surface area contributed by atoms with Crippen molar-refractivity contribution >= 4 is 5.78 Å². The maximum absolute atomic E-state index is 12.0. The Balaban J connectivity index is 4.41. The Bertz CT molecular complexity index is 343. The Morgan fingerprint density at radius 2 is 1.90 bits per heavy atom. The van der Waals surface area contributed by atoms with Gasteiger partial charge in [0, 0.05) is 18.3 Å². The molecule has 0 bridgehead atoms.